The van der Waals surface area contributed by atoms with Gasteiger partial charge in [-0.25, -0.2) is 12.8 Å². The first-order valence-electron chi connectivity index (χ1n) is 9.35. The minimum atomic E-state index is -3.61. The standard InChI is InChI=1S/C20H20FN3O4S/c21-13-6-7-16-17(12-19(25)23-18(16)10-13)20(26)22-14-4-3-5-15(11-14)29(27,28)24-8-1-2-9-24/h3-7,10-11,17H,1-2,8-9,12H2,(H,22,26)(H,23,25)/t17-/m1/s1. The third-order valence-corrected chi connectivity index (χ3v) is 7.07. The lowest BCUT2D eigenvalue weighted by Crippen LogP contribution is -2.31. The second-order valence-electron chi connectivity index (χ2n) is 7.16. The molecule has 7 nitrogen and oxygen atoms in total. The van der Waals surface area contributed by atoms with E-state index in [0.29, 0.717) is 24.3 Å². The number of rotatable bonds is 4. The summed E-state index contributed by atoms with van der Waals surface area (Å²) in [5, 5.41) is 5.26. The second kappa shape index (κ2) is 7.57. The van der Waals surface area contributed by atoms with Crippen LogP contribution in [0.1, 0.15) is 30.7 Å². The van der Waals surface area contributed by atoms with Gasteiger partial charge >= 0.3 is 0 Å². The lowest BCUT2D eigenvalue weighted by molar-refractivity contribution is -0.123. The highest BCUT2D eigenvalue weighted by atomic mass is 32.2. The molecule has 0 bridgehead atoms. The predicted molar refractivity (Wildman–Crippen MR) is 105 cm³/mol. The van der Waals surface area contributed by atoms with E-state index in [1.807, 2.05) is 0 Å². The first kappa shape index (κ1) is 19.5. The number of hydrogen-bond acceptors (Lipinski definition) is 4. The summed E-state index contributed by atoms with van der Waals surface area (Å²) in [5.41, 5.74) is 1.11. The largest absolute Gasteiger partial charge is 0.326 e. The molecule has 2 amide bonds. The van der Waals surface area contributed by atoms with Crippen molar-refractivity contribution in [3.63, 3.8) is 0 Å². The Morgan fingerprint density at radius 1 is 1.14 bits per heavy atom. The summed E-state index contributed by atoms with van der Waals surface area (Å²) in [4.78, 5) is 24.9. The summed E-state index contributed by atoms with van der Waals surface area (Å²) in [6.45, 7) is 0.979. The Morgan fingerprint density at radius 3 is 2.66 bits per heavy atom. The summed E-state index contributed by atoms with van der Waals surface area (Å²) >= 11 is 0. The Morgan fingerprint density at radius 2 is 1.90 bits per heavy atom. The van der Waals surface area contributed by atoms with E-state index in [-0.39, 0.29) is 22.9 Å². The first-order chi connectivity index (χ1) is 13.8. The van der Waals surface area contributed by atoms with Gasteiger partial charge in [0.15, 0.2) is 0 Å². The molecule has 2 N–H and O–H groups in total. The number of benzene rings is 2. The van der Waals surface area contributed by atoms with Gasteiger partial charge in [0.2, 0.25) is 21.8 Å². The van der Waals surface area contributed by atoms with Crippen molar-refractivity contribution in [2.24, 2.45) is 0 Å². The maximum atomic E-state index is 13.5. The van der Waals surface area contributed by atoms with Gasteiger partial charge in [-0.05, 0) is 48.7 Å². The van der Waals surface area contributed by atoms with Crippen molar-refractivity contribution in [1.29, 1.82) is 0 Å². The molecule has 2 aromatic rings. The van der Waals surface area contributed by atoms with Crippen molar-refractivity contribution < 1.29 is 22.4 Å². The second-order valence-corrected chi connectivity index (χ2v) is 9.10. The van der Waals surface area contributed by atoms with Crippen LogP contribution >= 0.6 is 0 Å². The summed E-state index contributed by atoms with van der Waals surface area (Å²) in [6, 6.07) is 9.96. The Hall–Kier alpha value is -2.78. The van der Waals surface area contributed by atoms with Gasteiger partial charge in [0.05, 0.1) is 10.8 Å². The molecule has 0 spiro atoms. The van der Waals surface area contributed by atoms with E-state index >= 15 is 0 Å². The van der Waals surface area contributed by atoms with Crippen LogP contribution in [0.3, 0.4) is 0 Å². The quantitative estimate of drug-likeness (QED) is 0.800. The molecule has 2 heterocycles. The van der Waals surface area contributed by atoms with Crippen LogP contribution in [0, 0.1) is 5.82 Å². The number of hydrogen-bond donors (Lipinski definition) is 2. The van der Waals surface area contributed by atoms with Gasteiger partial charge in [0.25, 0.3) is 0 Å². The van der Waals surface area contributed by atoms with Gasteiger partial charge in [-0.1, -0.05) is 12.1 Å². The van der Waals surface area contributed by atoms with E-state index in [4.69, 9.17) is 0 Å². The van der Waals surface area contributed by atoms with Gasteiger partial charge < -0.3 is 10.6 Å². The molecule has 2 aliphatic rings. The fourth-order valence-corrected chi connectivity index (χ4v) is 5.28. The maximum absolute atomic E-state index is 13.5. The minimum Gasteiger partial charge on any atom is -0.326 e. The van der Waals surface area contributed by atoms with Crippen LogP contribution in [0.4, 0.5) is 15.8 Å². The number of nitrogens with one attached hydrogen (secondary N) is 2. The molecule has 1 atom stereocenters. The molecule has 0 radical (unpaired) electrons. The predicted octanol–water partition coefficient (Wildman–Crippen LogP) is 2.67. The van der Waals surface area contributed by atoms with Crippen LogP contribution in [-0.2, 0) is 19.6 Å². The first-order valence-corrected chi connectivity index (χ1v) is 10.8. The molecule has 2 aromatic carbocycles. The van der Waals surface area contributed by atoms with Crippen molar-refractivity contribution in [3.05, 3.63) is 53.8 Å². The third-order valence-electron chi connectivity index (χ3n) is 5.18. The highest BCUT2D eigenvalue weighted by molar-refractivity contribution is 7.89. The molecule has 0 aromatic heterocycles. The van der Waals surface area contributed by atoms with Crippen LogP contribution in [0.25, 0.3) is 0 Å². The number of amides is 2. The molecule has 0 unspecified atom stereocenters. The molecule has 0 saturated carbocycles. The number of anilines is 2. The van der Waals surface area contributed by atoms with Crippen molar-refractivity contribution in [1.82, 2.24) is 4.31 Å². The number of fused-ring (bicyclic) bond motifs is 1. The molecule has 0 aliphatic carbocycles. The van der Waals surface area contributed by atoms with Gasteiger partial charge in [-0.15, -0.1) is 0 Å². The summed E-state index contributed by atoms with van der Waals surface area (Å²) in [5.74, 6) is -2.14. The average Bonchev–Trinajstić information content (AvgIpc) is 3.23. The SMILES string of the molecule is O=C1C[C@@H](C(=O)Nc2cccc(S(=O)(=O)N3CCCC3)c2)c2ccc(F)cc2N1. The zero-order valence-electron chi connectivity index (χ0n) is 15.5. The van der Waals surface area contributed by atoms with E-state index in [1.54, 1.807) is 12.1 Å². The molecular weight excluding hydrogens is 397 g/mol. The molecule has 4 rings (SSSR count). The number of sulfonamides is 1. The van der Waals surface area contributed by atoms with E-state index in [1.165, 1.54) is 34.6 Å². The minimum absolute atomic E-state index is 0.0732. The maximum Gasteiger partial charge on any atom is 0.243 e. The zero-order chi connectivity index (χ0) is 20.6. The van der Waals surface area contributed by atoms with Crippen LogP contribution in [0.15, 0.2) is 47.4 Å². The lowest BCUT2D eigenvalue weighted by atomic mass is 9.89. The Labute approximate surface area is 168 Å². The van der Waals surface area contributed by atoms with E-state index in [9.17, 15) is 22.4 Å². The summed E-state index contributed by atoms with van der Waals surface area (Å²) in [6.07, 6.45) is 1.59. The Balaban J connectivity index is 1.57. The van der Waals surface area contributed by atoms with Gasteiger partial charge in [0.1, 0.15) is 5.82 Å². The number of halogens is 1. The zero-order valence-corrected chi connectivity index (χ0v) is 16.3. The molecule has 9 heteroatoms. The number of nitrogens with zero attached hydrogens (tertiary/aromatic N) is 1. The topological polar surface area (TPSA) is 95.6 Å². The van der Waals surface area contributed by atoms with Gasteiger partial charge in [-0.2, -0.15) is 4.31 Å². The number of carbonyl (C=O) groups is 2. The van der Waals surface area contributed by atoms with Gasteiger partial charge in [0, 0.05) is 30.9 Å². The monoisotopic (exact) mass is 417 g/mol. The molecule has 1 saturated heterocycles. The fraction of sp³-hybridized carbons (Fsp3) is 0.300. The Kier molecular flexibility index (Phi) is 5.10. The van der Waals surface area contributed by atoms with Crippen molar-refractivity contribution in [2.75, 3.05) is 23.7 Å². The Bertz CT molecular complexity index is 1080. The molecular formula is C20H20FN3O4S. The molecule has 2 aliphatic heterocycles. The fourth-order valence-electron chi connectivity index (χ4n) is 3.71. The van der Waals surface area contributed by atoms with Crippen LogP contribution < -0.4 is 10.6 Å². The van der Waals surface area contributed by atoms with E-state index in [2.05, 4.69) is 10.6 Å². The van der Waals surface area contributed by atoms with E-state index < -0.39 is 27.7 Å². The van der Waals surface area contributed by atoms with Crippen molar-refractivity contribution >= 4 is 33.2 Å². The molecule has 29 heavy (non-hydrogen) atoms. The summed E-state index contributed by atoms with van der Waals surface area (Å²) in [7, 11) is -3.61. The lowest BCUT2D eigenvalue weighted by Gasteiger charge is -2.25. The van der Waals surface area contributed by atoms with Crippen LogP contribution in [-0.4, -0.2) is 37.6 Å². The summed E-state index contributed by atoms with van der Waals surface area (Å²) < 4.78 is 40.4. The average molecular weight is 417 g/mol. The van der Waals surface area contributed by atoms with Crippen molar-refractivity contribution in [2.45, 2.75) is 30.1 Å². The highest BCUT2D eigenvalue weighted by Crippen LogP contribution is 2.34. The molecule has 1 fully saturated rings. The van der Waals surface area contributed by atoms with Crippen LogP contribution in [0.2, 0.25) is 0 Å². The smallest absolute Gasteiger partial charge is 0.243 e. The van der Waals surface area contributed by atoms with E-state index in [0.717, 1.165) is 12.8 Å². The third kappa shape index (κ3) is 3.88. The van der Waals surface area contributed by atoms with Gasteiger partial charge in [-0.3, -0.25) is 9.59 Å². The van der Waals surface area contributed by atoms with Crippen molar-refractivity contribution in [3.8, 4) is 0 Å². The normalized spacial score (nSPS) is 19.5. The number of carbonyl (C=O) groups excluding carboxylic acids is 2. The highest BCUT2D eigenvalue weighted by Gasteiger charge is 2.31. The molecule has 152 valence electrons. The van der Waals surface area contributed by atoms with Crippen LogP contribution in [0.5, 0.6) is 0 Å².